The second kappa shape index (κ2) is 47.5. The van der Waals surface area contributed by atoms with Gasteiger partial charge in [0.2, 0.25) is 0 Å². The predicted octanol–water partition coefficient (Wildman–Crippen LogP) is 14.1. The topological polar surface area (TPSA) is 111 Å². The van der Waals surface area contributed by atoms with Gasteiger partial charge in [-0.25, -0.2) is 0 Å². The molecule has 378 valence electrons. The lowest BCUT2D eigenvalue weighted by molar-refractivity contribution is -0.870. The number of hydrogen-bond donors (Lipinski definition) is 0. The van der Waals surface area contributed by atoms with E-state index < -0.39 is 24.3 Å². The molecule has 0 aromatic heterocycles. The van der Waals surface area contributed by atoms with Gasteiger partial charge in [-0.15, -0.1) is 0 Å². The highest BCUT2D eigenvalue weighted by Gasteiger charge is 2.22. The first-order valence-corrected chi connectivity index (χ1v) is 27.3. The molecule has 0 aliphatic rings. The molecule has 9 nitrogen and oxygen atoms in total. The van der Waals surface area contributed by atoms with Gasteiger partial charge in [0.25, 0.3) is 0 Å². The maximum absolute atomic E-state index is 12.7. The van der Waals surface area contributed by atoms with Crippen LogP contribution in [0.2, 0.25) is 0 Å². The largest absolute Gasteiger partial charge is 0.545 e. The molecule has 0 bridgehead atoms. The smallest absolute Gasteiger partial charge is 0.306 e. The van der Waals surface area contributed by atoms with Gasteiger partial charge in [-0.3, -0.25) is 9.59 Å². The number of quaternary nitrogens is 1. The Hall–Kier alpha value is -1.97. The first-order valence-electron chi connectivity index (χ1n) is 27.3. The second-order valence-electron chi connectivity index (χ2n) is 19.9. The number of carbonyl (C=O) groups excluding carboxylic acids is 3. The summed E-state index contributed by atoms with van der Waals surface area (Å²) in [5.41, 5.74) is 0. The number of ether oxygens (including phenoxy) is 4. The number of carboxylic acids is 1. The molecule has 0 amide bonds. The van der Waals surface area contributed by atoms with E-state index in [9.17, 15) is 19.5 Å². The Morgan fingerprint density at radius 2 is 0.828 bits per heavy atom. The molecule has 0 aromatic rings. The molecule has 64 heavy (non-hydrogen) atoms. The lowest BCUT2D eigenvalue weighted by atomic mass is 10.0. The van der Waals surface area contributed by atoms with Crippen LogP contribution in [0.4, 0.5) is 0 Å². The maximum atomic E-state index is 12.7. The van der Waals surface area contributed by atoms with Gasteiger partial charge in [-0.1, -0.05) is 231 Å². The molecule has 0 heterocycles. The average Bonchev–Trinajstić information content (AvgIpc) is 3.26. The van der Waals surface area contributed by atoms with E-state index in [1.807, 2.05) is 21.1 Å². The Morgan fingerprint density at radius 3 is 1.22 bits per heavy atom. The van der Waals surface area contributed by atoms with E-state index in [1.54, 1.807) is 0 Å². The van der Waals surface area contributed by atoms with E-state index in [2.05, 4.69) is 26.0 Å². The van der Waals surface area contributed by atoms with Crippen molar-refractivity contribution in [2.75, 3.05) is 47.5 Å². The van der Waals surface area contributed by atoms with Crippen molar-refractivity contribution in [1.29, 1.82) is 0 Å². The standard InChI is InChI=1S/C55H105NO8/c1-6-8-10-12-14-16-18-19-20-21-22-23-24-25-26-27-28-29-30-31-32-33-34-35-36-38-39-41-43-45-52(57)62-49-51(50-63-55(54(59)60)61-48-47-56(3,4)5)64-53(58)46-44-42-40-37-17-15-13-11-9-7-2/h11,13,51,55H,6-10,12,14-50H2,1-5H3/b13-11-. The molecule has 2 atom stereocenters. The Bertz CT molecular complexity index is 1060. The molecular weight excluding hydrogens is 803 g/mol. The summed E-state index contributed by atoms with van der Waals surface area (Å²) in [6.07, 6.45) is 50.0. The maximum Gasteiger partial charge on any atom is 0.306 e. The third kappa shape index (κ3) is 48.0. The number of nitrogens with zero attached hydrogens (tertiary/aromatic N) is 1. The van der Waals surface area contributed by atoms with Crippen molar-refractivity contribution in [2.45, 2.75) is 277 Å². The van der Waals surface area contributed by atoms with Gasteiger partial charge in [0.15, 0.2) is 12.4 Å². The van der Waals surface area contributed by atoms with Gasteiger partial charge in [0.1, 0.15) is 13.2 Å². The summed E-state index contributed by atoms with van der Waals surface area (Å²) < 4.78 is 22.6. The number of likely N-dealkylation sites (N-methyl/N-ethyl adjacent to an activating group) is 1. The second-order valence-corrected chi connectivity index (χ2v) is 19.9. The van der Waals surface area contributed by atoms with Crippen LogP contribution in [0.1, 0.15) is 264 Å². The van der Waals surface area contributed by atoms with Crippen LogP contribution in [0, 0.1) is 0 Å². The molecule has 2 unspecified atom stereocenters. The number of esters is 2. The van der Waals surface area contributed by atoms with Crippen LogP contribution in [0.3, 0.4) is 0 Å². The molecule has 0 aliphatic carbocycles. The quantitative estimate of drug-likeness (QED) is 0.0195. The van der Waals surface area contributed by atoms with Crippen molar-refractivity contribution in [3.05, 3.63) is 12.2 Å². The lowest BCUT2D eigenvalue weighted by Crippen LogP contribution is -2.44. The van der Waals surface area contributed by atoms with Gasteiger partial charge in [0, 0.05) is 12.8 Å². The summed E-state index contributed by atoms with van der Waals surface area (Å²) in [4.78, 5) is 37.0. The molecule has 0 N–H and O–H groups in total. The zero-order valence-corrected chi connectivity index (χ0v) is 42.9. The van der Waals surface area contributed by atoms with E-state index in [4.69, 9.17) is 18.9 Å². The van der Waals surface area contributed by atoms with Gasteiger partial charge in [0.05, 0.1) is 40.3 Å². The van der Waals surface area contributed by atoms with E-state index in [-0.39, 0.29) is 32.2 Å². The average molecular weight is 908 g/mol. The van der Waals surface area contributed by atoms with Crippen LogP contribution in [0.15, 0.2) is 12.2 Å². The summed E-state index contributed by atoms with van der Waals surface area (Å²) in [5, 5.41) is 11.7. The molecule has 0 rings (SSSR count). The lowest BCUT2D eigenvalue weighted by Gasteiger charge is -2.26. The summed E-state index contributed by atoms with van der Waals surface area (Å²) in [7, 11) is 5.91. The highest BCUT2D eigenvalue weighted by molar-refractivity contribution is 5.70. The van der Waals surface area contributed by atoms with E-state index >= 15 is 0 Å². The zero-order valence-electron chi connectivity index (χ0n) is 42.9. The molecule has 9 heteroatoms. The fourth-order valence-electron chi connectivity index (χ4n) is 8.01. The third-order valence-corrected chi connectivity index (χ3v) is 12.2. The number of aliphatic carboxylic acids is 1. The van der Waals surface area contributed by atoms with Crippen LogP contribution in [0.5, 0.6) is 0 Å². The van der Waals surface area contributed by atoms with Crippen LogP contribution in [0.25, 0.3) is 0 Å². The highest BCUT2D eigenvalue weighted by atomic mass is 16.7. The number of allylic oxidation sites excluding steroid dienone is 2. The number of carbonyl (C=O) groups is 3. The van der Waals surface area contributed by atoms with Crippen LogP contribution in [-0.4, -0.2) is 82.3 Å². The molecule has 0 saturated carbocycles. The fraction of sp³-hybridized carbons (Fsp3) is 0.909. The Kier molecular flexibility index (Phi) is 46.1. The van der Waals surface area contributed by atoms with Gasteiger partial charge in [-0.05, 0) is 32.1 Å². The molecule has 0 saturated heterocycles. The number of carboxylic acid groups (broad SMARTS) is 1. The fourth-order valence-corrected chi connectivity index (χ4v) is 8.01. The Morgan fingerprint density at radius 1 is 0.453 bits per heavy atom. The number of rotatable bonds is 51. The van der Waals surface area contributed by atoms with Gasteiger partial charge in [-0.2, -0.15) is 0 Å². The van der Waals surface area contributed by atoms with E-state index in [0.717, 1.165) is 57.8 Å². The van der Waals surface area contributed by atoms with Crippen molar-refractivity contribution in [3.63, 3.8) is 0 Å². The predicted molar refractivity (Wildman–Crippen MR) is 265 cm³/mol. The van der Waals surface area contributed by atoms with Crippen molar-refractivity contribution in [1.82, 2.24) is 0 Å². The van der Waals surface area contributed by atoms with Crippen molar-refractivity contribution in [2.24, 2.45) is 0 Å². The molecule has 0 aliphatic heterocycles. The first kappa shape index (κ1) is 62.0. The zero-order chi connectivity index (χ0) is 47.0. The monoisotopic (exact) mass is 908 g/mol. The Balaban J connectivity index is 4.01. The van der Waals surface area contributed by atoms with E-state index in [0.29, 0.717) is 23.9 Å². The number of unbranched alkanes of at least 4 members (excludes halogenated alkanes) is 34. The third-order valence-electron chi connectivity index (χ3n) is 12.2. The normalized spacial score (nSPS) is 12.8. The van der Waals surface area contributed by atoms with Crippen molar-refractivity contribution < 1.29 is 42.9 Å². The van der Waals surface area contributed by atoms with Crippen LogP contribution >= 0.6 is 0 Å². The first-order chi connectivity index (χ1) is 31.1. The minimum atomic E-state index is -1.62. The molecular formula is C55H105NO8. The Labute approximate surface area is 395 Å². The summed E-state index contributed by atoms with van der Waals surface area (Å²) in [6.45, 7) is 4.70. The summed E-state index contributed by atoms with van der Waals surface area (Å²) >= 11 is 0. The molecule has 0 aromatic carbocycles. The van der Waals surface area contributed by atoms with Crippen LogP contribution < -0.4 is 5.11 Å². The van der Waals surface area contributed by atoms with E-state index in [1.165, 1.54) is 173 Å². The molecule has 0 spiro atoms. The summed E-state index contributed by atoms with van der Waals surface area (Å²) in [6, 6.07) is 0. The van der Waals surface area contributed by atoms with Crippen LogP contribution in [-0.2, 0) is 33.3 Å². The van der Waals surface area contributed by atoms with Crippen molar-refractivity contribution >= 4 is 17.9 Å². The summed E-state index contributed by atoms with van der Waals surface area (Å²) in [5.74, 6) is -2.28. The molecule has 0 fully saturated rings. The highest BCUT2D eigenvalue weighted by Crippen LogP contribution is 2.17. The number of hydrogen-bond acceptors (Lipinski definition) is 8. The van der Waals surface area contributed by atoms with Gasteiger partial charge >= 0.3 is 11.9 Å². The minimum Gasteiger partial charge on any atom is -0.545 e. The van der Waals surface area contributed by atoms with Crippen molar-refractivity contribution in [3.8, 4) is 0 Å². The SMILES string of the molecule is CCC/C=C\CCCCCCCC(=O)OC(COC(=O)CCCCCCCCCCCCCCCCCCCCCCCCCCCCCCC)COC(OCC[N+](C)(C)C)C(=O)[O-]. The molecule has 0 radical (unpaired) electrons. The minimum absolute atomic E-state index is 0.149. The van der Waals surface area contributed by atoms with Gasteiger partial charge < -0.3 is 33.3 Å².